The zero-order valence-corrected chi connectivity index (χ0v) is 6.84. The summed E-state index contributed by atoms with van der Waals surface area (Å²) in [7, 11) is 3.50. The molecule has 61 valence electrons. The van der Waals surface area contributed by atoms with Gasteiger partial charge in [-0.3, -0.25) is 4.57 Å². The molecule has 0 aliphatic heterocycles. The Hall–Kier alpha value is -1.22. The van der Waals surface area contributed by atoms with Gasteiger partial charge >= 0.3 is 5.76 Å². The lowest BCUT2D eigenvalue weighted by Crippen LogP contribution is -2.06. The maximum absolute atomic E-state index is 11.0. The number of rotatable bonds is 0. The highest BCUT2D eigenvalue weighted by atomic mass is 35.5. The maximum atomic E-state index is 11.0. The van der Waals surface area contributed by atoms with Crippen LogP contribution in [-0.4, -0.2) is 4.57 Å². The van der Waals surface area contributed by atoms with Crippen molar-refractivity contribution in [3.63, 3.8) is 0 Å². The third kappa shape index (κ3) is 0.865. The predicted octanol–water partition coefficient (Wildman–Crippen LogP) is 1.89. The van der Waals surface area contributed by atoms with Gasteiger partial charge in [-0.15, -0.1) is 0 Å². The molecule has 1 heterocycles. The van der Waals surface area contributed by atoms with Gasteiger partial charge in [-0.05, 0) is 12.1 Å². The molecular formula is C8H5ClNO2. The van der Waals surface area contributed by atoms with Gasteiger partial charge in [-0.2, -0.15) is 0 Å². The third-order valence-corrected chi connectivity index (χ3v) is 1.94. The Kier molecular flexibility index (Phi) is 1.48. The van der Waals surface area contributed by atoms with Crippen LogP contribution in [0.25, 0.3) is 11.1 Å². The normalized spacial score (nSPS) is 10.8. The fraction of sp³-hybridized carbons (Fsp3) is 0. The summed E-state index contributed by atoms with van der Waals surface area (Å²) in [4.78, 5) is 11.0. The van der Waals surface area contributed by atoms with E-state index in [0.29, 0.717) is 16.1 Å². The van der Waals surface area contributed by atoms with Crippen LogP contribution in [0, 0.1) is 7.05 Å². The lowest BCUT2D eigenvalue weighted by molar-refractivity contribution is 0.539. The number of para-hydroxylation sites is 1. The summed E-state index contributed by atoms with van der Waals surface area (Å²) in [6, 6.07) is 5.12. The Morgan fingerprint density at radius 1 is 1.50 bits per heavy atom. The molecular weight excluding hydrogens is 178 g/mol. The number of aromatic nitrogens is 1. The average molecular weight is 183 g/mol. The van der Waals surface area contributed by atoms with Crippen molar-refractivity contribution in [1.29, 1.82) is 0 Å². The number of fused-ring (bicyclic) bond motifs is 1. The van der Waals surface area contributed by atoms with Gasteiger partial charge in [0.2, 0.25) is 0 Å². The molecule has 0 N–H and O–H groups in total. The Morgan fingerprint density at radius 3 is 2.92 bits per heavy atom. The van der Waals surface area contributed by atoms with E-state index < -0.39 is 5.76 Å². The largest absolute Gasteiger partial charge is 0.420 e. The quantitative estimate of drug-likeness (QED) is 0.624. The van der Waals surface area contributed by atoms with Gasteiger partial charge < -0.3 is 4.42 Å². The summed E-state index contributed by atoms with van der Waals surface area (Å²) in [5.74, 6) is -0.502. The van der Waals surface area contributed by atoms with Crippen LogP contribution in [0.5, 0.6) is 0 Å². The van der Waals surface area contributed by atoms with E-state index in [2.05, 4.69) is 7.05 Å². The molecule has 2 rings (SSSR count). The molecule has 0 aliphatic carbocycles. The van der Waals surface area contributed by atoms with Gasteiger partial charge in [0, 0.05) is 7.05 Å². The van der Waals surface area contributed by atoms with Crippen molar-refractivity contribution in [3.8, 4) is 0 Å². The molecule has 0 saturated heterocycles. The van der Waals surface area contributed by atoms with E-state index >= 15 is 0 Å². The summed E-state index contributed by atoms with van der Waals surface area (Å²) in [6.07, 6.45) is 0. The highest BCUT2D eigenvalue weighted by molar-refractivity contribution is 6.34. The van der Waals surface area contributed by atoms with Gasteiger partial charge in [0.05, 0.1) is 10.5 Å². The lowest BCUT2D eigenvalue weighted by Gasteiger charge is -1.90. The van der Waals surface area contributed by atoms with Gasteiger partial charge in [0.1, 0.15) is 0 Å². The fourth-order valence-corrected chi connectivity index (χ4v) is 1.26. The second-order valence-electron chi connectivity index (χ2n) is 2.38. The minimum Gasteiger partial charge on any atom is -0.406 e. The van der Waals surface area contributed by atoms with Crippen LogP contribution < -0.4 is 5.76 Å². The van der Waals surface area contributed by atoms with Crippen LogP contribution in [0.4, 0.5) is 0 Å². The van der Waals surface area contributed by atoms with Gasteiger partial charge in [0.15, 0.2) is 5.58 Å². The molecule has 0 amide bonds. The number of hydrogen-bond donors (Lipinski definition) is 0. The molecule has 0 unspecified atom stereocenters. The summed E-state index contributed by atoms with van der Waals surface area (Å²) >= 11 is 5.77. The molecule has 1 radical (unpaired) electrons. The second kappa shape index (κ2) is 2.38. The molecule has 12 heavy (non-hydrogen) atoms. The average Bonchev–Trinajstić information content (AvgIpc) is 2.32. The van der Waals surface area contributed by atoms with E-state index in [1.165, 1.54) is 4.57 Å². The first-order valence-electron chi connectivity index (χ1n) is 3.31. The Morgan fingerprint density at radius 2 is 2.25 bits per heavy atom. The molecule has 0 fully saturated rings. The van der Waals surface area contributed by atoms with Crippen molar-refractivity contribution >= 4 is 22.7 Å². The predicted molar refractivity (Wildman–Crippen MR) is 46.2 cm³/mol. The van der Waals surface area contributed by atoms with Crippen molar-refractivity contribution in [3.05, 3.63) is 40.8 Å². The van der Waals surface area contributed by atoms with Crippen LogP contribution in [0.15, 0.2) is 27.4 Å². The summed E-state index contributed by atoms with van der Waals surface area (Å²) in [6.45, 7) is 0. The molecule has 2 aromatic rings. The van der Waals surface area contributed by atoms with E-state index in [9.17, 15) is 4.79 Å². The molecule has 3 nitrogen and oxygen atoms in total. The van der Waals surface area contributed by atoms with Crippen LogP contribution in [0.3, 0.4) is 0 Å². The summed E-state index contributed by atoms with van der Waals surface area (Å²) in [5, 5.41) is 0.423. The summed E-state index contributed by atoms with van der Waals surface area (Å²) < 4.78 is 6.01. The Balaban J connectivity index is 3.05. The minimum atomic E-state index is -0.502. The SMILES string of the molecule is [CH2]n1c(=O)oc2c(Cl)cccc21. The highest BCUT2D eigenvalue weighted by Gasteiger charge is 2.07. The van der Waals surface area contributed by atoms with Crippen molar-refractivity contribution in [1.82, 2.24) is 4.57 Å². The molecule has 1 aromatic carbocycles. The van der Waals surface area contributed by atoms with E-state index in [1.807, 2.05) is 0 Å². The monoisotopic (exact) mass is 182 g/mol. The molecule has 0 bridgehead atoms. The molecule has 0 aliphatic rings. The van der Waals surface area contributed by atoms with Crippen molar-refractivity contribution in [2.24, 2.45) is 0 Å². The Bertz CT molecular complexity index is 483. The van der Waals surface area contributed by atoms with E-state index in [-0.39, 0.29) is 0 Å². The molecule has 4 heteroatoms. The van der Waals surface area contributed by atoms with E-state index in [1.54, 1.807) is 18.2 Å². The van der Waals surface area contributed by atoms with Gasteiger partial charge in [-0.25, -0.2) is 4.79 Å². The number of hydrogen-bond acceptors (Lipinski definition) is 2. The van der Waals surface area contributed by atoms with Crippen molar-refractivity contribution in [2.75, 3.05) is 0 Å². The smallest absolute Gasteiger partial charge is 0.406 e. The lowest BCUT2D eigenvalue weighted by atomic mass is 10.3. The first-order valence-corrected chi connectivity index (χ1v) is 3.69. The number of halogens is 1. The molecule has 0 spiro atoms. The first kappa shape index (κ1) is 7.43. The fourth-order valence-electron chi connectivity index (χ4n) is 1.05. The maximum Gasteiger partial charge on any atom is 0.420 e. The van der Waals surface area contributed by atoms with Gasteiger partial charge in [-0.1, -0.05) is 17.7 Å². The zero-order chi connectivity index (χ0) is 8.72. The van der Waals surface area contributed by atoms with E-state index in [0.717, 1.165) is 0 Å². The second-order valence-corrected chi connectivity index (χ2v) is 2.79. The van der Waals surface area contributed by atoms with Crippen LogP contribution >= 0.6 is 11.6 Å². The topological polar surface area (TPSA) is 35.1 Å². The number of benzene rings is 1. The standard InChI is InChI=1S/C8H5ClNO2/c1-10-6-4-2-3-5(9)7(6)12-8(10)11/h2-4H,1H2. The molecule has 0 saturated carbocycles. The molecule has 1 aromatic heterocycles. The Labute approximate surface area is 73.2 Å². The van der Waals surface area contributed by atoms with Crippen molar-refractivity contribution < 1.29 is 4.42 Å². The van der Waals surface area contributed by atoms with Crippen LogP contribution in [0.1, 0.15) is 0 Å². The number of oxazole rings is 1. The first-order chi connectivity index (χ1) is 5.70. The van der Waals surface area contributed by atoms with E-state index in [4.69, 9.17) is 16.0 Å². The minimum absolute atomic E-state index is 0.388. The highest BCUT2D eigenvalue weighted by Crippen LogP contribution is 2.21. The van der Waals surface area contributed by atoms with Crippen LogP contribution in [-0.2, 0) is 0 Å². The number of nitrogens with zero attached hydrogens (tertiary/aromatic N) is 1. The zero-order valence-electron chi connectivity index (χ0n) is 6.08. The van der Waals surface area contributed by atoms with Crippen LogP contribution in [0.2, 0.25) is 5.02 Å². The third-order valence-electron chi connectivity index (χ3n) is 1.65. The summed E-state index contributed by atoms with van der Waals surface area (Å²) in [5.41, 5.74) is 0.992. The van der Waals surface area contributed by atoms with Crippen molar-refractivity contribution in [2.45, 2.75) is 0 Å². The van der Waals surface area contributed by atoms with Gasteiger partial charge in [0.25, 0.3) is 0 Å². The molecule has 0 atom stereocenters.